The van der Waals surface area contributed by atoms with Crippen LogP contribution in [0.15, 0.2) is 24.3 Å². The number of hydrogen-bond acceptors (Lipinski definition) is 2. The fourth-order valence-corrected chi connectivity index (χ4v) is 1.30. The Morgan fingerprint density at radius 2 is 1.94 bits per heavy atom. The highest BCUT2D eigenvalue weighted by atomic mass is 19.1. The van der Waals surface area contributed by atoms with Gasteiger partial charge in [0.15, 0.2) is 0 Å². The molecule has 17 heavy (non-hydrogen) atoms. The summed E-state index contributed by atoms with van der Waals surface area (Å²) >= 11 is 0. The Bertz CT molecular complexity index is 374. The van der Waals surface area contributed by atoms with Gasteiger partial charge in [-0.05, 0) is 38.0 Å². The molecule has 1 rings (SSSR count). The van der Waals surface area contributed by atoms with Crippen molar-refractivity contribution < 1.29 is 9.18 Å². The van der Waals surface area contributed by atoms with Crippen LogP contribution in [0, 0.1) is 11.2 Å². The van der Waals surface area contributed by atoms with Crippen LogP contribution in [0.4, 0.5) is 4.39 Å². The third-order valence-corrected chi connectivity index (χ3v) is 2.74. The minimum absolute atomic E-state index is 0.0536. The molecule has 0 aliphatic rings. The van der Waals surface area contributed by atoms with E-state index in [0.29, 0.717) is 19.5 Å². The summed E-state index contributed by atoms with van der Waals surface area (Å²) in [4.78, 5) is 11.7. The maximum absolute atomic E-state index is 12.7. The molecule has 1 aromatic rings. The molecule has 3 nitrogen and oxygen atoms in total. The molecule has 0 atom stereocenters. The Morgan fingerprint density at radius 3 is 2.47 bits per heavy atom. The summed E-state index contributed by atoms with van der Waals surface area (Å²) in [6.45, 7) is 4.46. The zero-order valence-electron chi connectivity index (χ0n) is 10.3. The number of benzene rings is 1. The monoisotopic (exact) mass is 238 g/mol. The van der Waals surface area contributed by atoms with Crippen molar-refractivity contribution >= 4 is 5.91 Å². The van der Waals surface area contributed by atoms with Gasteiger partial charge in [-0.2, -0.15) is 0 Å². The van der Waals surface area contributed by atoms with Crippen molar-refractivity contribution in [2.24, 2.45) is 11.1 Å². The van der Waals surface area contributed by atoms with E-state index in [1.165, 1.54) is 12.1 Å². The van der Waals surface area contributed by atoms with E-state index in [9.17, 15) is 9.18 Å². The van der Waals surface area contributed by atoms with Crippen LogP contribution in [0.3, 0.4) is 0 Å². The second-order valence-corrected chi connectivity index (χ2v) is 4.72. The molecule has 3 N–H and O–H groups in total. The first-order valence-corrected chi connectivity index (χ1v) is 5.68. The number of halogens is 1. The minimum atomic E-state index is -0.539. The molecular formula is C13H19FN2O. The minimum Gasteiger partial charge on any atom is -0.355 e. The van der Waals surface area contributed by atoms with Crippen LogP contribution in [0.25, 0.3) is 0 Å². The van der Waals surface area contributed by atoms with Gasteiger partial charge < -0.3 is 11.1 Å². The van der Waals surface area contributed by atoms with Gasteiger partial charge >= 0.3 is 0 Å². The average molecular weight is 238 g/mol. The molecule has 0 saturated carbocycles. The summed E-state index contributed by atoms with van der Waals surface area (Å²) in [5.41, 5.74) is 5.96. The molecule has 4 heteroatoms. The molecule has 0 unspecified atom stereocenters. The highest BCUT2D eigenvalue weighted by Gasteiger charge is 2.24. The summed E-state index contributed by atoms with van der Waals surface area (Å²) in [6, 6.07) is 6.27. The Hall–Kier alpha value is -1.42. The Morgan fingerprint density at radius 1 is 1.35 bits per heavy atom. The number of hydrogen-bond donors (Lipinski definition) is 2. The first-order valence-electron chi connectivity index (χ1n) is 5.68. The van der Waals surface area contributed by atoms with Gasteiger partial charge in [0.25, 0.3) is 0 Å². The first kappa shape index (κ1) is 13.6. The molecule has 94 valence electrons. The second kappa shape index (κ2) is 5.77. The van der Waals surface area contributed by atoms with Gasteiger partial charge in [0, 0.05) is 13.1 Å². The summed E-state index contributed by atoms with van der Waals surface area (Å²) in [5, 5.41) is 2.82. The number of carbonyl (C=O) groups excluding carboxylic acids is 1. The van der Waals surface area contributed by atoms with Gasteiger partial charge in [-0.3, -0.25) is 4.79 Å². The molecule has 0 aliphatic heterocycles. The average Bonchev–Trinajstić information content (AvgIpc) is 2.31. The lowest BCUT2D eigenvalue weighted by molar-refractivity contribution is -0.128. The van der Waals surface area contributed by atoms with Crippen molar-refractivity contribution in [1.29, 1.82) is 0 Å². The smallest absolute Gasteiger partial charge is 0.226 e. The topological polar surface area (TPSA) is 55.1 Å². The fraction of sp³-hybridized carbons (Fsp3) is 0.462. The highest BCUT2D eigenvalue weighted by Crippen LogP contribution is 2.12. The molecule has 1 amide bonds. The van der Waals surface area contributed by atoms with E-state index in [4.69, 9.17) is 5.73 Å². The molecule has 0 heterocycles. The zero-order chi connectivity index (χ0) is 12.9. The van der Waals surface area contributed by atoms with Gasteiger partial charge in [0.1, 0.15) is 5.82 Å². The number of amides is 1. The Labute approximate surface area is 101 Å². The molecule has 0 aliphatic carbocycles. The lowest BCUT2D eigenvalue weighted by Crippen LogP contribution is -2.42. The standard InChI is InChI=1S/C13H19FN2O/c1-13(2,9-15)12(17)16-8-7-10-3-5-11(14)6-4-10/h3-6H,7-9,15H2,1-2H3,(H,16,17). The van der Waals surface area contributed by atoms with Crippen LogP contribution >= 0.6 is 0 Å². The normalized spacial score (nSPS) is 11.3. The Kier molecular flexibility index (Phi) is 4.63. The summed E-state index contributed by atoms with van der Waals surface area (Å²) in [5.74, 6) is -0.302. The van der Waals surface area contributed by atoms with Gasteiger partial charge in [-0.25, -0.2) is 4.39 Å². The highest BCUT2D eigenvalue weighted by molar-refractivity contribution is 5.82. The van der Waals surface area contributed by atoms with E-state index in [-0.39, 0.29) is 11.7 Å². The molecule has 0 saturated heterocycles. The van der Waals surface area contributed by atoms with Crippen molar-refractivity contribution in [3.63, 3.8) is 0 Å². The van der Waals surface area contributed by atoms with Crippen LogP contribution in [0.2, 0.25) is 0 Å². The van der Waals surface area contributed by atoms with Gasteiger partial charge in [-0.1, -0.05) is 12.1 Å². The second-order valence-electron chi connectivity index (χ2n) is 4.72. The van der Waals surface area contributed by atoms with Crippen LogP contribution < -0.4 is 11.1 Å². The third-order valence-electron chi connectivity index (χ3n) is 2.74. The molecule has 0 fully saturated rings. The van der Waals surface area contributed by atoms with E-state index in [1.54, 1.807) is 26.0 Å². The third kappa shape index (κ3) is 4.15. The van der Waals surface area contributed by atoms with Gasteiger partial charge in [-0.15, -0.1) is 0 Å². The number of nitrogens with two attached hydrogens (primary N) is 1. The van der Waals surface area contributed by atoms with Crippen molar-refractivity contribution in [3.8, 4) is 0 Å². The number of nitrogens with one attached hydrogen (secondary N) is 1. The van der Waals surface area contributed by atoms with Crippen molar-refractivity contribution in [2.45, 2.75) is 20.3 Å². The van der Waals surface area contributed by atoms with E-state index >= 15 is 0 Å². The van der Waals surface area contributed by atoms with Crippen LogP contribution in [-0.2, 0) is 11.2 Å². The van der Waals surface area contributed by atoms with Crippen LogP contribution in [0.1, 0.15) is 19.4 Å². The number of carbonyl (C=O) groups is 1. The number of rotatable bonds is 5. The van der Waals surface area contributed by atoms with E-state index in [1.807, 2.05) is 0 Å². The Balaban J connectivity index is 2.38. The van der Waals surface area contributed by atoms with E-state index in [2.05, 4.69) is 5.32 Å². The quantitative estimate of drug-likeness (QED) is 0.816. The molecule has 1 aromatic carbocycles. The maximum atomic E-state index is 12.7. The summed E-state index contributed by atoms with van der Waals surface area (Å²) in [7, 11) is 0. The van der Waals surface area contributed by atoms with E-state index < -0.39 is 5.41 Å². The first-order chi connectivity index (χ1) is 7.95. The molecule has 0 radical (unpaired) electrons. The lowest BCUT2D eigenvalue weighted by atomic mass is 9.92. The maximum Gasteiger partial charge on any atom is 0.226 e. The van der Waals surface area contributed by atoms with Gasteiger partial charge in [0.05, 0.1) is 5.41 Å². The molecule has 0 bridgehead atoms. The summed E-state index contributed by atoms with van der Waals surface area (Å²) < 4.78 is 12.7. The van der Waals surface area contributed by atoms with Crippen molar-refractivity contribution in [3.05, 3.63) is 35.6 Å². The van der Waals surface area contributed by atoms with Crippen LogP contribution in [0.5, 0.6) is 0 Å². The largest absolute Gasteiger partial charge is 0.355 e. The lowest BCUT2D eigenvalue weighted by Gasteiger charge is -2.21. The fourth-order valence-electron chi connectivity index (χ4n) is 1.30. The molecular weight excluding hydrogens is 219 g/mol. The predicted octanol–water partition coefficient (Wildman–Crippen LogP) is 1.47. The SMILES string of the molecule is CC(C)(CN)C(=O)NCCc1ccc(F)cc1. The van der Waals surface area contributed by atoms with Crippen molar-refractivity contribution in [2.75, 3.05) is 13.1 Å². The van der Waals surface area contributed by atoms with Crippen molar-refractivity contribution in [1.82, 2.24) is 5.32 Å². The van der Waals surface area contributed by atoms with Gasteiger partial charge in [0.2, 0.25) is 5.91 Å². The summed E-state index contributed by atoms with van der Waals surface area (Å²) in [6.07, 6.45) is 0.687. The molecule has 0 spiro atoms. The van der Waals surface area contributed by atoms with E-state index in [0.717, 1.165) is 5.56 Å². The molecule has 0 aromatic heterocycles. The van der Waals surface area contributed by atoms with Crippen LogP contribution in [-0.4, -0.2) is 19.0 Å². The zero-order valence-corrected chi connectivity index (χ0v) is 10.3. The predicted molar refractivity (Wildman–Crippen MR) is 65.9 cm³/mol.